The number of hydrogen-bond acceptors (Lipinski definition) is 1. The molecule has 90 valence electrons. The van der Waals surface area contributed by atoms with Crippen LogP contribution in [0.2, 0.25) is 0 Å². The van der Waals surface area contributed by atoms with Gasteiger partial charge < -0.3 is 5.11 Å². The minimum absolute atomic E-state index is 0.311. The van der Waals surface area contributed by atoms with Crippen LogP contribution in [0.3, 0.4) is 0 Å². The Morgan fingerprint density at radius 2 is 2.19 bits per heavy atom. The fraction of sp³-hybridized carbons (Fsp3) is 0.600. The predicted octanol–water partition coefficient (Wildman–Crippen LogP) is 3.86. The highest BCUT2D eigenvalue weighted by molar-refractivity contribution is 5.22. The van der Waals surface area contributed by atoms with Crippen molar-refractivity contribution < 1.29 is 5.11 Å². The zero-order chi connectivity index (χ0) is 12.3. The lowest BCUT2D eigenvalue weighted by Crippen LogP contribution is -2.36. The van der Waals surface area contributed by atoms with E-state index in [0.29, 0.717) is 11.8 Å². The van der Waals surface area contributed by atoms with E-state index in [-0.39, 0.29) is 0 Å². The molecule has 1 aliphatic rings. The molecule has 0 bridgehead atoms. The Bertz CT molecular complexity index is 315. The minimum atomic E-state index is -0.611. The maximum atomic E-state index is 10.2. The van der Waals surface area contributed by atoms with Crippen LogP contribution in [0.25, 0.3) is 0 Å². The van der Waals surface area contributed by atoms with Crippen LogP contribution in [0.15, 0.2) is 36.0 Å². The maximum absolute atomic E-state index is 10.2. The van der Waals surface area contributed by atoms with Gasteiger partial charge in [0.2, 0.25) is 0 Å². The molecule has 0 aliphatic heterocycles. The molecule has 16 heavy (non-hydrogen) atoms. The molecule has 0 aromatic heterocycles. The molecule has 1 aliphatic carbocycles. The molecule has 1 heteroatoms. The molecule has 0 fully saturated rings. The molecule has 1 rings (SSSR count). The molecule has 2 unspecified atom stereocenters. The first kappa shape index (κ1) is 13.2. The van der Waals surface area contributed by atoms with Gasteiger partial charge in [0.15, 0.2) is 0 Å². The number of rotatable bonds is 3. The van der Waals surface area contributed by atoms with Crippen molar-refractivity contribution in [2.75, 3.05) is 0 Å². The molecule has 0 saturated carbocycles. The average Bonchev–Trinajstić information content (AvgIpc) is 2.15. The molecule has 0 saturated heterocycles. The first-order valence-corrected chi connectivity index (χ1v) is 6.05. The van der Waals surface area contributed by atoms with E-state index in [2.05, 4.69) is 32.6 Å². The van der Waals surface area contributed by atoms with Crippen LogP contribution >= 0.6 is 0 Å². The van der Waals surface area contributed by atoms with Gasteiger partial charge in [0.05, 0.1) is 5.60 Å². The third-order valence-corrected chi connectivity index (χ3v) is 3.48. The second-order valence-electron chi connectivity index (χ2n) is 5.50. The highest BCUT2D eigenvalue weighted by atomic mass is 16.3. The third kappa shape index (κ3) is 3.34. The molecule has 0 heterocycles. The van der Waals surface area contributed by atoms with E-state index in [1.807, 2.05) is 19.9 Å². The molecule has 1 nitrogen and oxygen atoms in total. The van der Waals surface area contributed by atoms with Crippen molar-refractivity contribution in [2.24, 2.45) is 11.8 Å². The second kappa shape index (κ2) is 5.01. The van der Waals surface area contributed by atoms with E-state index in [4.69, 9.17) is 0 Å². The zero-order valence-corrected chi connectivity index (χ0v) is 11.0. The Labute approximate surface area is 99.6 Å². The van der Waals surface area contributed by atoms with Gasteiger partial charge in [0, 0.05) is 5.92 Å². The van der Waals surface area contributed by atoms with E-state index < -0.39 is 5.60 Å². The lowest BCUT2D eigenvalue weighted by atomic mass is 9.72. The Kier molecular flexibility index (Phi) is 4.15. The molecule has 1 N–H and O–H groups in total. The highest BCUT2D eigenvalue weighted by Crippen LogP contribution is 2.37. The van der Waals surface area contributed by atoms with Gasteiger partial charge in [-0.1, -0.05) is 36.0 Å². The molecule has 0 amide bonds. The molecule has 2 atom stereocenters. The summed E-state index contributed by atoms with van der Waals surface area (Å²) >= 11 is 0. The lowest BCUT2D eigenvalue weighted by Gasteiger charge is -2.36. The van der Waals surface area contributed by atoms with Crippen LogP contribution in [0, 0.1) is 11.8 Å². The smallest absolute Gasteiger partial charge is 0.0628 e. The number of allylic oxidation sites excluding steroid dienone is 5. The van der Waals surface area contributed by atoms with Crippen LogP contribution in [-0.2, 0) is 0 Å². The van der Waals surface area contributed by atoms with E-state index in [9.17, 15) is 5.11 Å². The Hall–Kier alpha value is -0.820. The molecule has 0 aromatic rings. The summed E-state index contributed by atoms with van der Waals surface area (Å²) < 4.78 is 0. The largest absolute Gasteiger partial charge is 0.390 e. The standard InChI is InChI=1S/C15H24O/c1-6-11(2)9-13-10-12(3)7-8-14(13)15(4,5)16/h6,9-10,13-14,16H,1,7-8H2,2-5H3/b11-9+. The maximum Gasteiger partial charge on any atom is 0.0628 e. The summed E-state index contributed by atoms with van der Waals surface area (Å²) in [5.41, 5.74) is 2.00. The van der Waals surface area contributed by atoms with Gasteiger partial charge >= 0.3 is 0 Å². The van der Waals surface area contributed by atoms with E-state index in [1.54, 1.807) is 0 Å². The molecular formula is C15H24O. The normalized spacial score (nSPS) is 27.6. The minimum Gasteiger partial charge on any atom is -0.390 e. The summed E-state index contributed by atoms with van der Waals surface area (Å²) in [6, 6.07) is 0. The van der Waals surface area contributed by atoms with Gasteiger partial charge in [-0.05, 0) is 46.5 Å². The summed E-state index contributed by atoms with van der Waals surface area (Å²) in [4.78, 5) is 0. The summed E-state index contributed by atoms with van der Waals surface area (Å²) in [6.07, 6.45) is 8.56. The van der Waals surface area contributed by atoms with Crippen LogP contribution in [0.4, 0.5) is 0 Å². The lowest BCUT2D eigenvalue weighted by molar-refractivity contribution is -0.000327. The number of hydrogen-bond donors (Lipinski definition) is 1. The van der Waals surface area contributed by atoms with Crippen LogP contribution < -0.4 is 0 Å². The predicted molar refractivity (Wildman–Crippen MR) is 70.2 cm³/mol. The van der Waals surface area contributed by atoms with Gasteiger partial charge in [-0.25, -0.2) is 0 Å². The summed E-state index contributed by atoms with van der Waals surface area (Å²) in [5.74, 6) is 0.651. The topological polar surface area (TPSA) is 20.2 Å². The quantitative estimate of drug-likeness (QED) is 0.565. The molecule has 0 radical (unpaired) electrons. The first-order chi connectivity index (χ1) is 7.34. The van der Waals surface area contributed by atoms with E-state index in [0.717, 1.165) is 12.8 Å². The third-order valence-electron chi connectivity index (χ3n) is 3.48. The molecular weight excluding hydrogens is 196 g/mol. The Balaban J connectivity index is 2.98. The molecule has 0 spiro atoms. The van der Waals surface area contributed by atoms with Crippen LogP contribution in [0.1, 0.15) is 40.5 Å². The van der Waals surface area contributed by atoms with E-state index in [1.165, 1.54) is 11.1 Å². The highest BCUT2D eigenvalue weighted by Gasteiger charge is 2.33. The molecule has 0 aromatic carbocycles. The van der Waals surface area contributed by atoms with Gasteiger partial charge in [-0.3, -0.25) is 0 Å². The van der Waals surface area contributed by atoms with Gasteiger partial charge in [0.25, 0.3) is 0 Å². The first-order valence-electron chi connectivity index (χ1n) is 6.05. The van der Waals surface area contributed by atoms with Crippen molar-refractivity contribution in [3.63, 3.8) is 0 Å². The van der Waals surface area contributed by atoms with E-state index >= 15 is 0 Å². The second-order valence-corrected chi connectivity index (χ2v) is 5.50. The number of aliphatic hydroxyl groups is 1. The summed E-state index contributed by atoms with van der Waals surface area (Å²) in [7, 11) is 0. The van der Waals surface area contributed by atoms with Gasteiger partial charge in [-0.15, -0.1) is 0 Å². The monoisotopic (exact) mass is 220 g/mol. The van der Waals surface area contributed by atoms with Gasteiger partial charge in [0.1, 0.15) is 0 Å². The van der Waals surface area contributed by atoms with Crippen LogP contribution in [0.5, 0.6) is 0 Å². The fourth-order valence-corrected chi connectivity index (χ4v) is 2.46. The van der Waals surface area contributed by atoms with Crippen molar-refractivity contribution in [2.45, 2.75) is 46.1 Å². The SMILES string of the molecule is C=C/C(C)=C/C1C=C(C)CCC1C(C)(C)O. The van der Waals surface area contributed by atoms with Crippen molar-refractivity contribution in [3.05, 3.63) is 36.0 Å². The van der Waals surface area contributed by atoms with Crippen molar-refractivity contribution in [1.29, 1.82) is 0 Å². The fourth-order valence-electron chi connectivity index (χ4n) is 2.46. The van der Waals surface area contributed by atoms with Crippen molar-refractivity contribution >= 4 is 0 Å². The summed E-state index contributed by atoms with van der Waals surface area (Å²) in [6.45, 7) is 11.8. The van der Waals surface area contributed by atoms with Crippen molar-refractivity contribution in [3.8, 4) is 0 Å². The van der Waals surface area contributed by atoms with Crippen LogP contribution in [-0.4, -0.2) is 10.7 Å². The average molecular weight is 220 g/mol. The Morgan fingerprint density at radius 3 is 2.69 bits per heavy atom. The zero-order valence-electron chi connectivity index (χ0n) is 11.0. The van der Waals surface area contributed by atoms with Gasteiger partial charge in [-0.2, -0.15) is 0 Å². The Morgan fingerprint density at radius 1 is 1.56 bits per heavy atom. The summed E-state index contributed by atoms with van der Waals surface area (Å²) in [5, 5.41) is 10.2. The van der Waals surface area contributed by atoms with Crippen molar-refractivity contribution in [1.82, 2.24) is 0 Å².